The van der Waals surface area contributed by atoms with Gasteiger partial charge in [-0.15, -0.1) is 0 Å². The molecule has 2 aromatic carbocycles. The number of nitrogens with one attached hydrogen (secondary N) is 1. The number of halogens is 3. The fourth-order valence-electron chi connectivity index (χ4n) is 3.34. The van der Waals surface area contributed by atoms with Crippen LogP contribution in [0.4, 0.5) is 5.69 Å². The number of nitrogens with zero attached hydrogens (tertiary/aromatic N) is 1. The molecule has 0 aliphatic carbocycles. The van der Waals surface area contributed by atoms with Crippen molar-refractivity contribution < 1.29 is 13.2 Å². The van der Waals surface area contributed by atoms with Gasteiger partial charge in [-0.05, 0) is 83.8 Å². The fraction of sp³-hybridized carbons (Fsp3) is 0.350. The zero-order valence-electron chi connectivity index (χ0n) is 15.8. The maximum absolute atomic E-state index is 12.9. The highest BCUT2D eigenvalue weighted by Gasteiger charge is 2.33. The van der Waals surface area contributed by atoms with E-state index in [1.54, 1.807) is 12.1 Å². The topological polar surface area (TPSA) is 66.5 Å². The smallest absolute Gasteiger partial charge is 0.228 e. The third-order valence-electron chi connectivity index (χ3n) is 4.95. The van der Waals surface area contributed by atoms with E-state index in [0.717, 1.165) is 14.8 Å². The summed E-state index contributed by atoms with van der Waals surface area (Å²) in [5.41, 5.74) is 2.23. The van der Waals surface area contributed by atoms with Crippen LogP contribution in [-0.2, 0) is 20.6 Å². The third kappa shape index (κ3) is 5.85. The summed E-state index contributed by atoms with van der Waals surface area (Å²) < 4.78 is 28.3. The average Bonchev–Trinajstić information content (AvgIpc) is 2.66. The maximum atomic E-state index is 12.9. The zero-order chi connectivity index (χ0) is 21.2. The second-order valence-electron chi connectivity index (χ2n) is 7.14. The summed E-state index contributed by atoms with van der Waals surface area (Å²) in [4.78, 5) is 12.8. The number of carbonyl (C=O) groups is 1. The van der Waals surface area contributed by atoms with Gasteiger partial charge in [0.1, 0.15) is 0 Å². The number of rotatable bonds is 5. The van der Waals surface area contributed by atoms with E-state index in [2.05, 4.69) is 27.9 Å². The number of sulfonamides is 1. The van der Waals surface area contributed by atoms with E-state index in [1.165, 1.54) is 10.4 Å². The Hall–Kier alpha value is -0.870. The van der Waals surface area contributed by atoms with Crippen molar-refractivity contribution in [3.05, 3.63) is 61.1 Å². The largest absolute Gasteiger partial charge is 0.326 e. The zero-order valence-corrected chi connectivity index (χ0v) is 20.3. The number of carbonyl (C=O) groups excluding carboxylic acids is 1. The highest BCUT2D eigenvalue weighted by atomic mass is 127. The first-order valence-corrected chi connectivity index (χ1v) is 12.6. The minimum absolute atomic E-state index is 0.154. The molecule has 1 N–H and O–H groups in total. The molecule has 1 heterocycles. The number of aryl methyl sites for hydroxylation is 1. The third-order valence-corrected chi connectivity index (χ3v) is 8.00. The van der Waals surface area contributed by atoms with Gasteiger partial charge >= 0.3 is 0 Å². The van der Waals surface area contributed by atoms with Gasteiger partial charge in [0.2, 0.25) is 15.9 Å². The van der Waals surface area contributed by atoms with Crippen LogP contribution in [0.25, 0.3) is 0 Å². The highest BCUT2D eigenvalue weighted by Crippen LogP contribution is 2.27. The minimum Gasteiger partial charge on any atom is -0.326 e. The van der Waals surface area contributed by atoms with Gasteiger partial charge in [0, 0.05) is 32.4 Å². The number of piperidine rings is 1. The van der Waals surface area contributed by atoms with E-state index in [0.29, 0.717) is 35.0 Å². The van der Waals surface area contributed by atoms with Crippen molar-refractivity contribution in [1.82, 2.24) is 4.31 Å². The molecule has 3 rings (SSSR count). The summed E-state index contributed by atoms with van der Waals surface area (Å²) in [7, 11) is -3.60. The molecule has 9 heteroatoms. The molecule has 0 radical (unpaired) electrons. The Kier molecular flexibility index (Phi) is 7.48. The Morgan fingerprint density at radius 3 is 2.69 bits per heavy atom. The molecule has 156 valence electrons. The molecule has 1 aliphatic rings. The summed E-state index contributed by atoms with van der Waals surface area (Å²) in [6.45, 7) is 2.51. The first kappa shape index (κ1) is 22.8. The molecule has 1 atom stereocenters. The van der Waals surface area contributed by atoms with Crippen LogP contribution < -0.4 is 5.32 Å². The van der Waals surface area contributed by atoms with E-state index in [1.807, 2.05) is 25.1 Å². The van der Waals surface area contributed by atoms with Crippen molar-refractivity contribution in [2.75, 3.05) is 18.4 Å². The Morgan fingerprint density at radius 2 is 2.00 bits per heavy atom. The molecule has 0 spiro atoms. The van der Waals surface area contributed by atoms with Gasteiger partial charge in [0.05, 0.1) is 11.7 Å². The standard InChI is InChI=1S/C20H21Cl2IN2O3S/c1-13-9-17(23)6-7-19(13)24-20(26)14-3-2-8-25(11-14)29(27,28)12-15-4-5-16(21)10-18(15)22/h4-7,9-10,14H,2-3,8,11-12H2,1H3,(H,24,26). The number of hydrogen-bond donors (Lipinski definition) is 1. The molecule has 5 nitrogen and oxygen atoms in total. The second-order valence-corrected chi connectivity index (χ2v) is 11.2. The highest BCUT2D eigenvalue weighted by molar-refractivity contribution is 14.1. The van der Waals surface area contributed by atoms with Crippen LogP contribution in [0, 0.1) is 16.4 Å². The Balaban J connectivity index is 1.69. The number of anilines is 1. The fourth-order valence-corrected chi connectivity index (χ4v) is 6.18. The van der Waals surface area contributed by atoms with Gasteiger partial charge in [0.15, 0.2) is 0 Å². The summed E-state index contributed by atoms with van der Waals surface area (Å²) in [5, 5.41) is 3.72. The molecule has 1 fully saturated rings. The monoisotopic (exact) mass is 566 g/mol. The van der Waals surface area contributed by atoms with Crippen molar-refractivity contribution in [3.8, 4) is 0 Å². The summed E-state index contributed by atoms with van der Waals surface area (Å²) in [6.07, 6.45) is 1.29. The molecule has 0 bridgehead atoms. The van der Waals surface area contributed by atoms with Gasteiger partial charge in [-0.3, -0.25) is 4.79 Å². The van der Waals surface area contributed by atoms with Gasteiger partial charge in [-0.25, -0.2) is 12.7 Å². The van der Waals surface area contributed by atoms with Crippen LogP contribution in [0.15, 0.2) is 36.4 Å². The van der Waals surface area contributed by atoms with Crippen LogP contribution in [0.3, 0.4) is 0 Å². The second kappa shape index (κ2) is 9.51. The summed E-state index contributed by atoms with van der Waals surface area (Å²) in [6, 6.07) is 10.6. The molecule has 1 unspecified atom stereocenters. The van der Waals surface area contributed by atoms with E-state index < -0.39 is 15.9 Å². The number of benzene rings is 2. The van der Waals surface area contributed by atoms with Gasteiger partial charge in [0.25, 0.3) is 0 Å². The van der Waals surface area contributed by atoms with E-state index in [9.17, 15) is 13.2 Å². The Morgan fingerprint density at radius 1 is 1.24 bits per heavy atom. The molecular weight excluding hydrogens is 546 g/mol. The molecule has 1 amide bonds. The SMILES string of the molecule is Cc1cc(I)ccc1NC(=O)C1CCCN(S(=O)(=O)Cc2ccc(Cl)cc2Cl)C1. The van der Waals surface area contributed by atoms with Crippen LogP contribution in [0.2, 0.25) is 10.0 Å². The van der Waals surface area contributed by atoms with Gasteiger partial charge < -0.3 is 5.32 Å². The Labute approximate surface area is 195 Å². The normalized spacial score (nSPS) is 17.9. The van der Waals surface area contributed by atoms with E-state index >= 15 is 0 Å². The molecule has 29 heavy (non-hydrogen) atoms. The van der Waals surface area contributed by atoms with Crippen molar-refractivity contribution in [3.63, 3.8) is 0 Å². The predicted octanol–water partition coefficient (Wildman–Crippen LogP) is 5.09. The molecule has 2 aromatic rings. The number of amides is 1. The quantitative estimate of drug-likeness (QED) is 0.513. The van der Waals surface area contributed by atoms with Crippen molar-refractivity contribution in [1.29, 1.82) is 0 Å². The molecule has 0 aromatic heterocycles. The van der Waals surface area contributed by atoms with Crippen molar-refractivity contribution in [2.45, 2.75) is 25.5 Å². The molecular formula is C20H21Cl2IN2O3S. The van der Waals surface area contributed by atoms with Crippen molar-refractivity contribution >= 4 is 67.4 Å². The van der Waals surface area contributed by atoms with Crippen LogP contribution in [0.5, 0.6) is 0 Å². The van der Waals surface area contributed by atoms with E-state index in [-0.39, 0.29) is 18.2 Å². The Bertz CT molecular complexity index is 1030. The first-order chi connectivity index (χ1) is 13.7. The summed E-state index contributed by atoms with van der Waals surface area (Å²) >= 11 is 14.2. The lowest BCUT2D eigenvalue weighted by atomic mass is 9.98. The lowest BCUT2D eigenvalue weighted by Crippen LogP contribution is -2.44. The van der Waals surface area contributed by atoms with Gasteiger partial charge in [-0.1, -0.05) is 29.3 Å². The van der Waals surface area contributed by atoms with Gasteiger partial charge in [-0.2, -0.15) is 0 Å². The molecule has 0 saturated carbocycles. The summed E-state index contributed by atoms with van der Waals surface area (Å²) in [5.74, 6) is -0.760. The van der Waals surface area contributed by atoms with E-state index in [4.69, 9.17) is 23.2 Å². The lowest BCUT2D eigenvalue weighted by molar-refractivity contribution is -0.120. The average molecular weight is 567 g/mol. The van der Waals surface area contributed by atoms with Crippen LogP contribution in [-0.4, -0.2) is 31.7 Å². The minimum atomic E-state index is -3.60. The van der Waals surface area contributed by atoms with Crippen LogP contribution in [0.1, 0.15) is 24.0 Å². The van der Waals surface area contributed by atoms with Crippen molar-refractivity contribution in [2.24, 2.45) is 5.92 Å². The lowest BCUT2D eigenvalue weighted by Gasteiger charge is -2.31. The van der Waals surface area contributed by atoms with Crippen LogP contribution >= 0.6 is 45.8 Å². The predicted molar refractivity (Wildman–Crippen MR) is 126 cm³/mol. The number of hydrogen-bond acceptors (Lipinski definition) is 3. The maximum Gasteiger partial charge on any atom is 0.228 e. The molecule has 1 saturated heterocycles. The molecule has 1 aliphatic heterocycles. The first-order valence-electron chi connectivity index (χ1n) is 9.14.